The second-order valence-electron chi connectivity index (χ2n) is 4.40. The van der Waals surface area contributed by atoms with Gasteiger partial charge in [0.05, 0.1) is 6.61 Å². The van der Waals surface area contributed by atoms with Crippen molar-refractivity contribution < 1.29 is 9.13 Å². The molecule has 0 amide bonds. The Morgan fingerprint density at radius 1 is 1.41 bits per heavy atom. The van der Waals surface area contributed by atoms with Crippen molar-refractivity contribution in [1.82, 2.24) is 4.90 Å². The predicted molar refractivity (Wildman–Crippen MR) is 68.2 cm³/mol. The maximum atomic E-state index is 12.9. The number of nitrogen functional groups attached to an aromatic ring is 1. The van der Waals surface area contributed by atoms with Gasteiger partial charge in [0.25, 0.3) is 0 Å². The maximum absolute atomic E-state index is 12.9. The minimum absolute atomic E-state index is 0.292. The van der Waals surface area contributed by atoms with Crippen LogP contribution in [0.1, 0.15) is 19.4 Å². The van der Waals surface area contributed by atoms with E-state index in [1.807, 2.05) is 0 Å². The zero-order valence-corrected chi connectivity index (χ0v) is 10.7. The van der Waals surface area contributed by atoms with Crippen molar-refractivity contribution in [2.24, 2.45) is 0 Å². The van der Waals surface area contributed by atoms with Crippen LogP contribution >= 0.6 is 0 Å². The molecule has 0 aliphatic carbocycles. The van der Waals surface area contributed by atoms with Crippen LogP contribution in [0.3, 0.4) is 0 Å². The van der Waals surface area contributed by atoms with E-state index in [0.29, 0.717) is 24.9 Å². The molecule has 0 saturated heterocycles. The van der Waals surface area contributed by atoms with E-state index in [-0.39, 0.29) is 5.82 Å². The first kappa shape index (κ1) is 13.9. The Kier molecular flexibility index (Phi) is 5.38. The number of anilines is 1. The van der Waals surface area contributed by atoms with E-state index in [1.54, 1.807) is 13.2 Å². The summed E-state index contributed by atoms with van der Waals surface area (Å²) in [6.07, 6.45) is 0. The summed E-state index contributed by atoms with van der Waals surface area (Å²) in [6, 6.07) is 4.95. The van der Waals surface area contributed by atoms with Crippen LogP contribution < -0.4 is 5.73 Å². The summed E-state index contributed by atoms with van der Waals surface area (Å²) in [5.41, 5.74) is 7.26. The highest BCUT2D eigenvalue weighted by Gasteiger charge is 2.11. The number of halogens is 1. The minimum Gasteiger partial charge on any atom is -0.398 e. The zero-order valence-electron chi connectivity index (χ0n) is 10.7. The van der Waals surface area contributed by atoms with Gasteiger partial charge in [-0.25, -0.2) is 4.39 Å². The average molecular weight is 240 g/mol. The predicted octanol–water partition coefficient (Wildman–Crippen LogP) is 2.26. The highest BCUT2D eigenvalue weighted by molar-refractivity contribution is 5.46. The van der Waals surface area contributed by atoms with Gasteiger partial charge in [-0.2, -0.15) is 0 Å². The van der Waals surface area contributed by atoms with Crippen molar-refractivity contribution in [2.45, 2.75) is 26.4 Å². The van der Waals surface area contributed by atoms with Gasteiger partial charge in [0, 0.05) is 31.9 Å². The van der Waals surface area contributed by atoms with Crippen LogP contribution in [-0.2, 0) is 11.3 Å². The molecule has 17 heavy (non-hydrogen) atoms. The van der Waals surface area contributed by atoms with E-state index in [2.05, 4.69) is 18.7 Å². The van der Waals surface area contributed by atoms with Crippen molar-refractivity contribution in [3.8, 4) is 0 Å². The largest absolute Gasteiger partial charge is 0.398 e. The number of methoxy groups -OCH3 is 1. The normalized spacial score (nSPS) is 11.4. The van der Waals surface area contributed by atoms with Crippen LogP contribution in [-0.4, -0.2) is 31.2 Å². The molecule has 0 saturated carbocycles. The van der Waals surface area contributed by atoms with E-state index in [9.17, 15) is 4.39 Å². The average Bonchev–Trinajstić information content (AvgIpc) is 2.26. The Morgan fingerprint density at radius 2 is 2.12 bits per heavy atom. The van der Waals surface area contributed by atoms with Gasteiger partial charge in [0.1, 0.15) is 5.82 Å². The quantitative estimate of drug-likeness (QED) is 0.775. The van der Waals surface area contributed by atoms with Crippen molar-refractivity contribution >= 4 is 5.69 Å². The molecule has 0 aromatic heterocycles. The highest BCUT2D eigenvalue weighted by atomic mass is 19.1. The molecule has 0 radical (unpaired) electrons. The van der Waals surface area contributed by atoms with Crippen LogP contribution in [0.5, 0.6) is 0 Å². The van der Waals surface area contributed by atoms with Crippen molar-refractivity contribution in [1.29, 1.82) is 0 Å². The van der Waals surface area contributed by atoms with Gasteiger partial charge in [0.15, 0.2) is 0 Å². The highest BCUT2D eigenvalue weighted by Crippen LogP contribution is 2.16. The fourth-order valence-electron chi connectivity index (χ4n) is 1.66. The second kappa shape index (κ2) is 6.57. The molecule has 1 aromatic rings. The molecule has 0 unspecified atom stereocenters. The van der Waals surface area contributed by atoms with E-state index >= 15 is 0 Å². The number of hydrogen-bond acceptors (Lipinski definition) is 3. The summed E-state index contributed by atoms with van der Waals surface area (Å²) < 4.78 is 18.0. The third-order valence-corrected chi connectivity index (χ3v) is 2.79. The van der Waals surface area contributed by atoms with Gasteiger partial charge < -0.3 is 10.5 Å². The van der Waals surface area contributed by atoms with Crippen LogP contribution in [0, 0.1) is 5.82 Å². The molecular weight excluding hydrogens is 219 g/mol. The first-order valence-electron chi connectivity index (χ1n) is 5.81. The molecule has 0 bridgehead atoms. The lowest BCUT2D eigenvalue weighted by molar-refractivity contribution is 0.125. The van der Waals surface area contributed by atoms with Gasteiger partial charge in [-0.3, -0.25) is 4.90 Å². The number of ether oxygens (including phenoxy) is 1. The van der Waals surface area contributed by atoms with Crippen LogP contribution in [0.15, 0.2) is 18.2 Å². The summed E-state index contributed by atoms with van der Waals surface area (Å²) in [7, 11) is 1.69. The first-order chi connectivity index (χ1) is 8.04. The van der Waals surface area contributed by atoms with Crippen LogP contribution in [0.25, 0.3) is 0 Å². The number of rotatable bonds is 6. The molecule has 0 atom stereocenters. The summed E-state index contributed by atoms with van der Waals surface area (Å²) in [4.78, 5) is 2.24. The third kappa shape index (κ3) is 4.32. The van der Waals surface area contributed by atoms with Crippen LogP contribution in [0.2, 0.25) is 0 Å². The van der Waals surface area contributed by atoms with Gasteiger partial charge in [-0.1, -0.05) is 6.07 Å². The fourth-order valence-corrected chi connectivity index (χ4v) is 1.66. The maximum Gasteiger partial charge on any atom is 0.125 e. The monoisotopic (exact) mass is 240 g/mol. The Morgan fingerprint density at radius 3 is 2.65 bits per heavy atom. The smallest absolute Gasteiger partial charge is 0.125 e. The molecular formula is C13H21FN2O. The Bertz CT molecular complexity index is 355. The minimum atomic E-state index is -0.292. The molecule has 3 nitrogen and oxygen atoms in total. The molecule has 2 N–H and O–H groups in total. The molecule has 1 rings (SSSR count). The molecule has 0 aliphatic rings. The second-order valence-corrected chi connectivity index (χ2v) is 4.40. The molecule has 0 aliphatic heterocycles. The molecule has 0 fully saturated rings. The van der Waals surface area contributed by atoms with E-state index in [0.717, 1.165) is 12.1 Å². The molecule has 0 heterocycles. The Balaban J connectivity index is 2.71. The zero-order chi connectivity index (χ0) is 12.8. The van der Waals surface area contributed by atoms with Gasteiger partial charge in [0.2, 0.25) is 0 Å². The summed E-state index contributed by atoms with van der Waals surface area (Å²) in [5, 5.41) is 0. The van der Waals surface area contributed by atoms with E-state index < -0.39 is 0 Å². The number of nitrogens with zero attached hydrogens (tertiary/aromatic N) is 1. The van der Waals surface area contributed by atoms with Crippen molar-refractivity contribution in [2.75, 3.05) is 26.0 Å². The van der Waals surface area contributed by atoms with Gasteiger partial charge in [-0.15, -0.1) is 0 Å². The third-order valence-electron chi connectivity index (χ3n) is 2.79. The first-order valence-corrected chi connectivity index (χ1v) is 5.81. The number of nitrogens with two attached hydrogens (primary N) is 1. The topological polar surface area (TPSA) is 38.5 Å². The summed E-state index contributed by atoms with van der Waals surface area (Å²) in [5.74, 6) is -0.292. The van der Waals surface area contributed by atoms with Gasteiger partial charge in [-0.05, 0) is 31.5 Å². The molecule has 96 valence electrons. The Hall–Kier alpha value is -1.13. The van der Waals surface area contributed by atoms with Crippen molar-refractivity contribution in [3.63, 3.8) is 0 Å². The number of hydrogen-bond donors (Lipinski definition) is 1. The molecule has 0 spiro atoms. The van der Waals surface area contributed by atoms with E-state index in [4.69, 9.17) is 10.5 Å². The lowest BCUT2D eigenvalue weighted by Gasteiger charge is -2.26. The Labute approximate surface area is 102 Å². The number of benzene rings is 1. The van der Waals surface area contributed by atoms with Crippen molar-refractivity contribution in [3.05, 3.63) is 29.6 Å². The summed E-state index contributed by atoms with van der Waals surface area (Å²) >= 11 is 0. The SMILES string of the molecule is COCCN(Cc1ccc(F)cc1N)C(C)C. The summed E-state index contributed by atoms with van der Waals surface area (Å²) in [6.45, 7) is 6.47. The fraction of sp³-hybridized carbons (Fsp3) is 0.538. The lowest BCUT2D eigenvalue weighted by atomic mass is 10.1. The molecule has 4 heteroatoms. The molecule has 1 aromatic carbocycles. The van der Waals surface area contributed by atoms with E-state index in [1.165, 1.54) is 12.1 Å². The lowest BCUT2D eigenvalue weighted by Crippen LogP contribution is -2.33. The standard InChI is InChI=1S/C13H21FN2O/c1-10(2)16(6-7-17-3)9-11-4-5-12(14)8-13(11)15/h4-5,8,10H,6-7,9,15H2,1-3H3. The van der Waals surface area contributed by atoms with Crippen LogP contribution in [0.4, 0.5) is 10.1 Å². The van der Waals surface area contributed by atoms with Gasteiger partial charge >= 0.3 is 0 Å².